The fourth-order valence-corrected chi connectivity index (χ4v) is 2.45. The number of H-pyrrole nitrogens is 1. The van der Waals surface area contributed by atoms with Gasteiger partial charge in [-0.05, 0) is 25.1 Å². The molecule has 0 fully saturated rings. The van der Waals surface area contributed by atoms with E-state index in [0.29, 0.717) is 16.9 Å². The summed E-state index contributed by atoms with van der Waals surface area (Å²) in [6.07, 6.45) is 4.82. The Balaban J connectivity index is 1.57. The van der Waals surface area contributed by atoms with Crippen LogP contribution in [0.25, 0.3) is 16.7 Å². The van der Waals surface area contributed by atoms with Gasteiger partial charge in [0.25, 0.3) is 5.91 Å². The van der Waals surface area contributed by atoms with E-state index in [4.69, 9.17) is 0 Å². The molecule has 1 aromatic carbocycles. The van der Waals surface area contributed by atoms with Crippen LogP contribution in [-0.4, -0.2) is 30.9 Å². The number of aryl methyl sites for hydroxylation is 1. The maximum atomic E-state index is 12.4. The predicted molar refractivity (Wildman–Crippen MR) is 90.1 cm³/mol. The van der Waals surface area contributed by atoms with E-state index >= 15 is 0 Å². The Bertz CT molecular complexity index is 1020. The predicted octanol–water partition coefficient (Wildman–Crippen LogP) is 2.70. The van der Waals surface area contributed by atoms with E-state index in [-0.39, 0.29) is 5.91 Å². The average Bonchev–Trinajstić information content (AvgIpc) is 3.24. The number of pyridine rings is 1. The van der Waals surface area contributed by atoms with Crippen LogP contribution in [0.3, 0.4) is 0 Å². The quantitative estimate of drug-likeness (QED) is 0.608. The maximum absolute atomic E-state index is 12.4. The molecule has 0 spiro atoms. The van der Waals surface area contributed by atoms with Crippen molar-refractivity contribution < 1.29 is 4.79 Å². The van der Waals surface area contributed by atoms with Crippen molar-refractivity contribution in [3.05, 3.63) is 66.2 Å². The molecule has 0 aliphatic heterocycles. The van der Waals surface area contributed by atoms with Crippen molar-refractivity contribution in [1.29, 1.82) is 0 Å². The second kappa shape index (κ2) is 5.62. The van der Waals surface area contributed by atoms with Gasteiger partial charge in [-0.25, -0.2) is 9.67 Å². The zero-order valence-corrected chi connectivity index (χ0v) is 12.9. The average molecular weight is 318 g/mol. The molecule has 0 saturated heterocycles. The van der Waals surface area contributed by atoms with Gasteiger partial charge in [0.1, 0.15) is 0 Å². The summed E-state index contributed by atoms with van der Waals surface area (Å²) in [6, 6.07) is 11.5. The number of rotatable bonds is 3. The molecule has 7 heteroatoms. The van der Waals surface area contributed by atoms with Crippen LogP contribution in [0.5, 0.6) is 0 Å². The molecular formula is C17H14N6O. The van der Waals surface area contributed by atoms with Crippen molar-refractivity contribution in [2.75, 3.05) is 5.32 Å². The number of carbonyl (C=O) groups excluding carboxylic acids is 1. The van der Waals surface area contributed by atoms with E-state index in [1.807, 2.05) is 43.3 Å². The first kappa shape index (κ1) is 14.1. The number of fused-ring (bicyclic) bond motifs is 1. The van der Waals surface area contributed by atoms with Crippen LogP contribution >= 0.6 is 0 Å². The molecule has 7 nitrogen and oxygen atoms in total. The fraction of sp³-hybridized carbons (Fsp3) is 0.0588. The van der Waals surface area contributed by atoms with Gasteiger partial charge in [0, 0.05) is 17.3 Å². The van der Waals surface area contributed by atoms with Gasteiger partial charge in [-0.3, -0.25) is 9.89 Å². The van der Waals surface area contributed by atoms with E-state index in [9.17, 15) is 4.79 Å². The molecule has 0 saturated carbocycles. The Morgan fingerprint density at radius 2 is 2.04 bits per heavy atom. The molecule has 0 atom stereocenters. The van der Waals surface area contributed by atoms with Gasteiger partial charge in [-0.2, -0.15) is 10.2 Å². The smallest absolute Gasteiger partial charge is 0.258 e. The Morgan fingerprint density at radius 1 is 1.21 bits per heavy atom. The van der Waals surface area contributed by atoms with E-state index in [2.05, 4.69) is 25.6 Å². The standard InChI is InChI=1S/C17H14N6O/c1-11-15-7-13(9-18-16(15)22-21-11)20-17(24)12-8-19-23(10-12)14-5-3-2-4-6-14/h2-10H,1H3,(H,20,24)(H,18,21,22). The second-order valence-corrected chi connectivity index (χ2v) is 5.41. The largest absolute Gasteiger partial charge is 0.320 e. The van der Waals surface area contributed by atoms with E-state index < -0.39 is 0 Å². The number of hydrogen-bond acceptors (Lipinski definition) is 4. The van der Waals surface area contributed by atoms with Gasteiger partial charge in [-0.1, -0.05) is 18.2 Å². The molecule has 0 aliphatic rings. The second-order valence-electron chi connectivity index (χ2n) is 5.41. The van der Waals surface area contributed by atoms with Gasteiger partial charge >= 0.3 is 0 Å². The summed E-state index contributed by atoms with van der Waals surface area (Å²) < 4.78 is 1.66. The third kappa shape index (κ3) is 2.52. The van der Waals surface area contributed by atoms with Gasteiger partial charge in [0.15, 0.2) is 5.65 Å². The van der Waals surface area contributed by atoms with E-state index in [1.165, 1.54) is 6.20 Å². The highest BCUT2D eigenvalue weighted by atomic mass is 16.1. The maximum Gasteiger partial charge on any atom is 0.258 e. The van der Waals surface area contributed by atoms with Crippen molar-refractivity contribution in [3.63, 3.8) is 0 Å². The van der Waals surface area contributed by atoms with Crippen LogP contribution < -0.4 is 5.32 Å². The number of benzene rings is 1. The van der Waals surface area contributed by atoms with Crippen LogP contribution in [0.1, 0.15) is 16.1 Å². The van der Waals surface area contributed by atoms with E-state index in [1.54, 1.807) is 17.1 Å². The van der Waals surface area contributed by atoms with Crippen molar-refractivity contribution >= 4 is 22.6 Å². The minimum Gasteiger partial charge on any atom is -0.320 e. The van der Waals surface area contributed by atoms with Crippen molar-refractivity contribution in [1.82, 2.24) is 25.0 Å². The molecule has 0 radical (unpaired) electrons. The summed E-state index contributed by atoms with van der Waals surface area (Å²) in [7, 11) is 0. The Hall–Kier alpha value is -3.48. The number of nitrogens with zero attached hydrogens (tertiary/aromatic N) is 4. The number of aromatic amines is 1. The summed E-state index contributed by atoms with van der Waals surface area (Å²) in [4.78, 5) is 16.6. The zero-order chi connectivity index (χ0) is 16.5. The highest BCUT2D eigenvalue weighted by Crippen LogP contribution is 2.18. The minimum atomic E-state index is -0.237. The highest BCUT2D eigenvalue weighted by Gasteiger charge is 2.11. The molecule has 4 aromatic rings. The van der Waals surface area contributed by atoms with Crippen molar-refractivity contribution in [2.24, 2.45) is 0 Å². The molecule has 0 bridgehead atoms. The first-order valence-corrected chi connectivity index (χ1v) is 7.43. The number of hydrogen-bond donors (Lipinski definition) is 2. The number of amides is 1. The molecular weight excluding hydrogens is 304 g/mol. The van der Waals surface area contributed by atoms with Gasteiger partial charge < -0.3 is 5.32 Å². The van der Waals surface area contributed by atoms with Crippen LogP contribution in [0.4, 0.5) is 5.69 Å². The lowest BCUT2D eigenvalue weighted by Gasteiger charge is -2.03. The number of carbonyl (C=O) groups is 1. The molecule has 1 amide bonds. The molecule has 24 heavy (non-hydrogen) atoms. The van der Waals surface area contributed by atoms with Gasteiger partial charge in [0.05, 0.1) is 29.3 Å². The SMILES string of the molecule is Cc1[nH]nc2ncc(NC(=O)c3cnn(-c4ccccc4)c3)cc12. The van der Waals surface area contributed by atoms with Crippen molar-refractivity contribution in [3.8, 4) is 5.69 Å². The summed E-state index contributed by atoms with van der Waals surface area (Å²) in [6.45, 7) is 1.91. The third-order valence-electron chi connectivity index (χ3n) is 3.72. The molecule has 3 aromatic heterocycles. The van der Waals surface area contributed by atoms with Gasteiger partial charge in [-0.15, -0.1) is 0 Å². The molecule has 0 unspecified atom stereocenters. The molecule has 2 N–H and O–H groups in total. The molecule has 4 rings (SSSR count). The Morgan fingerprint density at radius 3 is 2.88 bits per heavy atom. The Labute approximate surface area is 137 Å². The highest BCUT2D eigenvalue weighted by molar-refractivity contribution is 6.04. The summed E-state index contributed by atoms with van der Waals surface area (Å²) in [5.74, 6) is -0.237. The normalized spacial score (nSPS) is 10.9. The molecule has 118 valence electrons. The fourth-order valence-electron chi connectivity index (χ4n) is 2.45. The summed E-state index contributed by atoms with van der Waals surface area (Å²) in [5.41, 5.74) is 3.52. The van der Waals surface area contributed by atoms with Crippen LogP contribution in [0, 0.1) is 6.92 Å². The first-order valence-electron chi connectivity index (χ1n) is 7.43. The monoisotopic (exact) mass is 318 g/mol. The van der Waals surface area contributed by atoms with Crippen LogP contribution in [0.15, 0.2) is 55.0 Å². The third-order valence-corrected chi connectivity index (χ3v) is 3.72. The van der Waals surface area contributed by atoms with Crippen LogP contribution in [-0.2, 0) is 0 Å². The number of aromatic nitrogens is 5. The lowest BCUT2D eigenvalue weighted by atomic mass is 10.2. The zero-order valence-electron chi connectivity index (χ0n) is 12.9. The minimum absolute atomic E-state index is 0.237. The first-order chi connectivity index (χ1) is 11.7. The lowest BCUT2D eigenvalue weighted by Crippen LogP contribution is -2.11. The summed E-state index contributed by atoms with van der Waals surface area (Å²) in [5, 5.41) is 14.9. The summed E-state index contributed by atoms with van der Waals surface area (Å²) >= 11 is 0. The van der Waals surface area contributed by atoms with E-state index in [0.717, 1.165) is 16.8 Å². The Kier molecular flexibility index (Phi) is 3.31. The number of nitrogens with one attached hydrogen (secondary N) is 2. The lowest BCUT2D eigenvalue weighted by molar-refractivity contribution is 0.102. The van der Waals surface area contributed by atoms with Crippen molar-refractivity contribution in [2.45, 2.75) is 6.92 Å². The number of anilines is 1. The topological polar surface area (TPSA) is 88.5 Å². The van der Waals surface area contributed by atoms with Gasteiger partial charge in [0.2, 0.25) is 0 Å². The molecule has 0 aliphatic carbocycles. The number of para-hydroxylation sites is 1. The van der Waals surface area contributed by atoms with Crippen LogP contribution in [0.2, 0.25) is 0 Å². The molecule has 3 heterocycles.